The standard InChI is InChI=1S/C21H16ClN5O7S2/c1-13-18(20(29)27(25-13)19(28)14-3-5-15(22)6-4-14)36(32,33)34-16-7-9-17(10-8-16)35(30,31)26-21-23-11-2-12-24-21/h2-12,25H,1H3,(H,23,24,26). The van der Waals surface area contributed by atoms with Gasteiger partial charge >= 0.3 is 10.1 Å². The summed E-state index contributed by atoms with van der Waals surface area (Å²) in [6.07, 6.45) is 2.71. The van der Waals surface area contributed by atoms with Gasteiger partial charge in [-0.3, -0.25) is 14.7 Å². The summed E-state index contributed by atoms with van der Waals surface area (Å²) in [5, 5.41) is 2.81. The first-order valence-corrected chi connectivity index (χ1v) is 13.2. The number of hydrogen-bond acceptors (Lipinski definition) is 9. The molecule has 2 heterocycles. The molecule has 4 aromatic rings. The van der Waals surface area contributed by atoms with Gasteiger partial charge in [0.2, 0.25) is 5.95 Å². The summed E-state index contributed by atoms with van der Waals surface area (Å²) in [5.41, 5.74) is -1.17. The van der Waals surface area contributed by atoms with Gasteiger partial charge in [-0.25, -0.2) is 23.1 Å². The highest BCUT2D eigenvalue weighted by molar-refractivity contribution is 7.92. The van der Waals surface area contributed by atoms with Gasteiger partial charge in [-0.15, -0.1) is 0 Å². The number of halogens is 1. The number of carbonyl (C=O) groups is 1. The fourth-order valence-electron chi connectivity index (χ4n) is 3.06. The number of hydrogen-bond donors (Lipinski definition) is 2. The van der Waals surface area contributed by atoms with Crippen molar-refractivity contribution in [1.82, 2.24) is 19.7 Å². The Morgan fingerprint density at radius 1 is 1.00 bits per heavy atom. The van der Waals surface area contributed by atoms with Crippen LogP contribution < -0.4 is 14.5 Å². The first-order chi connectivity index (χ1) is 17.0. The van der Waals surface area contributed by atoms with E-state index in [1.54, 1.807) is 0 Å². The van der Waals surface area contributed by atoms with Crippen molar-refractivity contribution < 1.29 is 25.8 Å². The summed E-state index contributed by atoms with van der Waals surface area (Å²) < 4.78 is 58.4. The number of aryl methyl sites for hydroxylation is 1. The van der Waals surface area contributed by atoms with Gasteiger partial charge in [0, 0.05) is 23.0 Å². The van der Waals surface area contributed by atoms with Crippen molar-refractivity contribution in [2.24, 2.45) is 0 Å². The van der Waals surface area contributed by atoms with Crippen LogP contribution in [0.15, 0.2) is 81.6 Å². The number of rotatable bonds is 7. The molecule has 2 N–H and O–H groups in total. The van der Waals surface area contributed by atoms with Gasteiger partial charge in [0.05, 0.1) is 10.6 Å². The molecule has 2 aromatic heterocycles. The second-order valence-electron chi connectivity index (χ2n) is 7.21. The quantitative estimate of drug-likeness (QED) is 0.328. The highest BCUT2D eigenvalue weighted by atomic mass is 35.5. The van der Waals surface area contributed by atoms with Crippen LogP contribution in [-0.2, 0) is 20.1 Å². The van der Waals surface area contributed by atoms with Crippen molar-refractivity contribution in [2.75, 3.05) is 4.72 Å². The SMILES string of the molecule is Cc1[nH]n(C(=O)c2ccc(Cl)cc2)c(=O)c1S(=O)(=O)Oc1ccc(S(=O)(=O)Nc2ncccn2)cc1. The van der Waals surface area contributed by atoms with Crippen LogP contribution in [0.2, 0.25) is 5.02 Å². The third-order valence-electron chi connectivity index (χ3n) is 4.69. The highest BCUT2D eigenvalue weighted by Crippen LogP contribution is 2.22. The Morgan fingerprint density at radius 3 is 2.22 bits per heavy atom. The lowest BCUT2D eigenvalue weighted by molar-refractivity contribution is 0.0940. The molecule has 0 atom stereocenters. The van der Waals surface area contributed by atoms with E-state index >= 15 is 0 Å². The molecule has 186 valence electrons. The normalized spacial score (nSPS) is 11.7. The van der Waals surface area contributed by atoms with Gasteiger partial charge in [0.25, 0.3) is 21.5 Å². The van der Waals surface area contributed by atoms with Gasteiger partial charge in [0.1, 0.15) is 5.75 Å². The fourth-order valence-corrected chi connectivity index (χ4v) is 5.32. The third-order valence-corrected chi connectivity index (χ3v) is 7.68. The zero-order valence-corrected chi connectivity index (χ0v) is 20.6. The topological polar surface area (TPSA) is 170 Å². The number of H-pyrrole nitrogens is 1. The van der Waals surface area contributed by atoms with Crippen LogP contribution in [0, 0.1) is 6.92 Å². The molecule has 0 saturated heterocycles. The first kappa shape index (κ1) is 25.1. The molecule has 12 nitrogen and oxygen atoms in total. The maximum atomic E-state index is 12.9. The lowest BCUT2D eigenvalue weighted by Crippen LogP contribution is -2.28. The number of carbonyl (C=O) groups excluding carboxylic acids is 1. The zero-order valence-electron chi connectivity index (χ0n) is 18.2. The van der Waals surface area contributed by atoms with E-state index in [2.05, 4.69) is 19.8 Å². The van der Waals surface area contributed by atoms with E-state index in [-0.39, 0.29) is 27.9 Å². The highest BCUT2D eigenvalue weighted by Gasteiger charge is 2.29. The number of nitrogens with zero attached hydrogens (tertiary/aromatic N) is 3. The molecular weight excluding hydrogens is 534 g/mol. The predicted molar refractivity (Wildman–Crippen MR) is 128 cm³/mol. The molecule has 0 aliphatic carbocycles. The summed E-state index contributed by atoms with van der Waals surface area (Å²) in [6.45, 7) is 1.29. The Kier molecular flexibility index (Phi) is 6.67. The molecule has 0 radical (unpaired) electrons. The van der Waals surface area contributed by atoms with E-state index in [9.17, 15) is 26.4 Å². The van der Waals surface area contributed by atoms with Gasteiger partial charge in [-0.1, -0.05) is 11.6 Å². The molecular formula is C21H16ClN5O7S2. The summed E-state index contributed by atoms with van der Waals surface area (Å²) in [5.74, 6) is -1.21. The van der Waals surface area contributed by atoms with E-state index < -0.39 is 36.5 Å². The Hall–Kier alpha value is -4.01. The van der Waals surface area contributed by atoms with Crippen molar-refractivity contribution >= 4 is 43.6 Å². The molecule has 36 heavy (non-hydrogen) atoms. The van der Waals surface area contributed by atoms with Crippen molar-refractivity contribution in [2.45, 2.75) is 16.7 Å². The smallest absolute Gasteiger partial charge is 0.346 e. The first-order valence-electron chi connectivity index (χ1n) is 9.94. The number of nitrogens with one attached hydrogen (secondary N) is 2. The molecule has 0 fully saturated rings. The Morgan fingerprint density at radius 2 is 1.61 bits per heavy atom. The molecule has 2 aromatic carbocycles. The maximum absolute atomic E-state index is 12.9. The molecule has 0 bridgehead atoms. The number of anilines is 1. The largest absolute Gasteiger partial charge is 0.379 e. The summed E-state index contributed by atoms with van der Waals surface area (Å²) in [6, 6.07) is 11.6. The van der Waals surface area contributed by atoms with E-state index in [1.165, 1.54) is 49.6 Å². The van der Waals surface area contributed by atoms with Crippen molar-refractivity contribution in [1.29, 1.82) is 0 Å². The van der Waals surface area contributed by atoms with E-state index in [0.717, 1.165) is 24.3 Å². The minimum Gasteiger partial charge on any atom is -0.379 e. The average Bonchev–Trinajstić information content (AvgIpc) is 3.14. The van der Waals surface area contributed by atoms with Gasteiger partial charge in [0.15, 0.2) is 4.90 Å². The summed E-state index contributed by atoms with van der Waals surface area (Å²) in [4.78, 5) is 32.0. The second kappa shape index (κ2) is 9.56. The number of aromatic nitrogens is 4. The monoisotopic (exact) mass is 549 g/mol. The van der Waals surface area contributed by atoms with Crippen molar-refractivity contribution in [3.8, 4) is 5.75 Å². The van der Waals surface area contributed by atoms with Gasteiger partial charge in [-0.2, -0.15) is 13.1 Å². The zero-order chi connectivity index (χ0) is 26.1. The van der Waals surface area contributed by atoms with Gasteiger partial charge < -0.3 is 4.18 Å². The van der Waals surface area contributed by atoms with Crippen LogP contribution in [-0.4, -0.2) is 42.5 Å². The molecule has 0 aliphatic heterocycles. The Bertz CT molecular complexity index is 1700. The summed E-state index contributed by atoms with van der Waals surface area (Å²) in [7, 11) is -8.75. The number of aromatic amines is 1. The van der Waals surface area contributed by atoms with Crippen LogP contribution in [0.1, 0.15) is 16.1 Å². The van der Waals surface area contributed by atoms with Crippen molar-refractivity contribution in [3.05, 3.63) is 93.6 Å². The second-order valence-corrected chi connectivity index (χ2v) is 10.8. The Balaban J connectivity index is 1.57. The van der Waals surface area contributed by atoms with Crippen LogP contribution in [0.3, 0.4) is 0 Å². The predicted octanol–water partition coefficient (Wildman–Crippen LogP) is 2.19. The van der Waals surface area contributed by atoms with Crippen LogP contribution >= 0.6 is 11.6 Å². The van der Waals surface area contributed by atoms with E-state index in [0.29, 0.717) is 9.70 Å². The minimum absolute atomic E-state index is 0.0962. The third kappa shape index (κ3) is 5.15. The maximum Gasteiger partial charge on any atom is 0.346 e. The molecule has 0 saturated carbocycles. The van der Waals surface area contributed by atoms with Crippen LogP contribution in [0.5, 0.6) is 5.75 Å². The molecule has 0 unspecified atom stereocenters. The number of benzene rings is 2. The molecule has 0 aliphatic rings. The lowest BCUT2D eigenvalue weighted by atomic mass is 10.2. The minimum atomic E-state index is -4.70. The fraction of sp³-hybridized carbons (Fsp3) is 0.0476. The molecule has 4 rings (SSSR count). The number of sulfonamides is 1. The molecule has 15 heteroatoms. The van der Waals surface area contributed by atoms with Gasteiger partial charge in [-0.05, 0) is 61.5 Å². The average molecular weight is 550 g/mol. The Labute approximate surface area is 209 Å². The lowest BCUT2D eigenvalue weighted by Gasteiger charge is -2.08. The molecule has 0 amide bonds. The van der Waals surface area contributed by atoms with E-state index in [4.69, 9.17) is 15.8 Å². The van der Waals surface area contributed by atoms with Crippen LogP contribution in [0.25, 0.3) is 0 Å². The summed E-state index contributed by atoms with van der Waals surface area (Å²) >= 11 is 5.80. The van der Waals surface area contributed by atoms with Crippen molar-refractivity contribution in [3.63, 3.8) is 0 Å². The van der Waals surface area contributed by atoms with E-state index in [1.807, 2.05) is 0 Å². The van der Waals surface area contributed by atoms with Crippen LogP contribution in [0.4, 0.5) is 5.95 Å². The molecule has 0 spiro atoms.